The molecule has 0 N–H and O–H groups in total. The van der Waals surface area contributed by atoms with Crippen molar-refractivity contribution in [2.75, 3.05) is 26.4 Å². The van der Waals surface area contributed by atoms with Crippen LogP contribution in [-0.4, -0.2) is 57.0 Å². The zero-order valence-electron chi connectivity index (χ0n) is 11.1. The summed E-state index contributed by atoms with van der Waals surface area (Å²) in [4.78, 5) is 0. The zero-order valence-corrected chi connectivity index (χ0v) is 13.8. The Bertz CT molecular complexity index is 417. The van der Waals surface area contributed by atoms with Crippen LogP contribution in [0.2, 0.25) is 0 Å². The minimum atomic E-state index is -3.61. The van der Waals surface area contributed by atoms with Crippen molar-refractivity contribution >= 4 is 28.1 Å². The Morgan fingerprint density at radius 1 is 1.10 bits per heavy atom. The summed E-state index contributed by atoms with van der Waals surface area (Å²) in [6, 6.07) is 0. The minimum Gasteiger partial charge on any atom is -0.373 e. The van der Waals surface area contributed by atoms with Crippen LogP contribution < -0.4 is 0 Å². The van der Waals surface area contributed by atoms with Crippen molar-refractivity contribution in [2.45, 2.75) is 37.0 Å². The van der Waals surface area contributed by atoms with Crippen LogP contribution in [0.1, 0.15) is 6.42 Å². The lowest BCUT2D eigenvalue weighted by Gasteiger charge is -2.22. The Labute approximate surface area is 128 Å². The van der Waals surface area contributed by atoms with E-state index in [9.17, 15) is 8.96 Å². The fourth-order valence-corrected chi connectivity index (χ4v) is 4.53. The van der Waals surface area contributed by atoms with E-state index >= 15 is 0 Å². The summed E-state index contributed by atoms with van der Waals surface area (Å²) in [5, 5.41) is 0. The van der Waals surface area contributed by atoms with Gasteiger partial charge in [-0.05, 0) is 0 Å². The summed E-state index contributed by atoms with van der Waals surface area (Å²) >= 11 is 3.92. The lowest BCUT2D eigenvalue weighted by atomic mass is 10.2. The average Bonchev–Trinajstić information content (AvgIpc) is 3.00. The van der Waals surface area contributed by atoms with E-state index in [2.05, 4.69) is 12.2 Å². The molecule has 21 heavy (non-hydrogen) atoms. The molecule has 0 aliphatic carbocycles. The van der Waals surface area contributed by atoms with E-state index in [0.29, 0.717) is 13.0 Å². The smallest absolute Gasteiger partial charge is 0.373 e. The molecule has 3 rings (SSSR count). The van der Waals surface area contributed by atoms with Gasteiger partial charge in [0, 0.05) is 13.0 Å². The van der Waals surface area contributed by atoms with Gasteiger partial charge < -0.3 is 18.5 Å². The lowest BCUT2D eigenvalue weighted by Crippen LogP contribution is -2.29. The van der Waals surface area contributed by atoms with Gasteiger partial charge in [0.05, 0.1) is 25.9 Å². The van der Waals surface area contributed by atoms with E-state index in [-0.39, 0.29) is 35.0 Å². The van der Waals surface area contributed by atoms with Crippen LogP contribution in [-0.2, 0) is 32.1 Å². The molecular weight excluding hydrogens is 345 g/mol. The van der Waals surface area contributed by atoms with Gasteiger partial charge >= 0.3 is 6.80 Å². The van der Waals surface area contributed by atoms with Gasteiger partial charge in [0.2, 0.25) is 0 Å². The maximum atomic E-state index is 14.0. The van der Waals surface area contributed by atoms with E-state index in [1.165, 1.54) is 0 Å². The van der Waals surface area contributed by atoms with Crippen LogP contribution in [0, 0.1) is 0 Å². The molecule has 0 saturated carbocycles. The fourth-order valence-electron chi connectivity index (χ4n) is 2.37. The van der Waals surface area contributed by atoms with Crippen LogP contribution in [0.3, 0.4) is 0 Å². The Morgan fingerprint density at radius 2 is 1.95 bits per heavy atom. The maximum absolute atomic E-state index is 14.0. The van der Waals surface area contributed by atoms with Gasteiger partial charge in [-0.3, -0.25) is 9.05 Å². The molecule has 122 valence electrons. The second-order valence-corrected chi connectivity index (χ2v) is 8.54. The molecule has 2 bridgehead atoms. The zero-order chi connectivity index (χ0) is 14.9. The van der Waals surface area contributed by atoms with Crippen molar-refractivity contribution in [3.8, 4) is 0 Å². The van der Waals surface area contributed by atoms with Gasteiger partial charge in [0.15, 0.2) is 15.2 Å². The predicted molar refractivity (Wildman–Crippen MR) is 75.6 cm³/mol. The lowest BCUT2D eigenvalue weighted by molar-refractivity contribution is 0.00716. The Kier molecular flexibility index (Phi) is 5.58. The number of thiol groups is 1. The third kappa shape index (κ3) is 4.16. The van der Waals surface area contributed by atoms with Crippen molar-refractivity contribution in [1.29, 1.82) is 0 Å². The van der Waals surface area contributed by atoms with E-state index < -0.39 is 31.3 Å². The third-order valence-corrected chi connectivity index (χ3v) is 5.84. The number of ether oxygens (including phenoxy) is 2. The molecule has 7 nitrogen and oxygen atoms in total. The SMILES string of the molecule is O=[P@@]1(S)OC[C@H]2OC[C@H](OPOC[C@H]3OCC[C@@H]3O1)C2F. The van der Waals surface area contributed by atoms with Crippen molar-refractivity contribution in [1.82, 2.24) is 0 Å². The standard InChI is InChI=1S/C10H17FO7P2S/c11-10-8-5-16-20(12,21)18-6-1-2-13-7(6)4-15-19-17-9(10)3-14-8/h6-10,19H,1-5H2,(H,12,21)/t6-,7+,8+,9-,10?,20+/m0/s1. The molecule has 2 unspecified atom stereocenters. The first kappa shape index (κ1) is 16.6. The number of hydrogen-bond donors (Lipinski definition) is 1. The molecule has 3 heterocycles. The largest absolute Gasteiger partial charge is 0.386 e. The van der Waals surface area contributed by atoms with Crippen LogP contribution >= 0.6 is 28.1 Å². The predicted octanol–water partition coefficient (Wildman–Crippen LogP) is 1.88. The van der Waals surface area contributed by atoms with Crippen LogP contribution in [0.25, 0.3) is 0 Å². The molecule has 0 amide bonds. The summed E-state index contributed by atoms with van der Waals surface area (Å²) in [5.74, 6) is 0. The Hall–Kier alpha value is 0.700. The highest BCUT2D eigenvalue weighted by Gasteiger charge is 2.42. The topological polar surface area (TPSA) is 72.5 Å². The molecular formula is C10H17FO7P2S. The summed E-state index contributed by atoms with van der Waals surface area (Å²) in [5.41, 5.74) is 0. The highest BCUT2D eigenvalue weighted by Crippen LogP contribution is 2.55. The van der Waals surface area contributed by atoms with Crippen molar-refractivity contribution in [2.24, 2.45) is 0 Å². The van der Waals surface area contributed by atoms with Crippen molar-refractivity contribution in [3.63, 3.8) is 0 Å². The first-order valence-electron chi connectivity index (χ1n) is 6.60. The van der Waals surface area contributed by atoms with Crippen LogP contribution in [0.4, 0.5) is 4.39 Å². The molecule has 11 heteroatoms. The molecule has 0 aromatic rings. The first-order valence-corrected chi connectivity index (χ1v) is 10.1. The molecule has 3 saturated heterocycles. The average molecular weight is 362 g/mol. The van der Waals surface area contributed by atoms with E-state index in [4.69, 9.17) is 27.6 Å². The second-order valence-electron chi connectivity index (χ2n) is 4.97. The monoisotopic (exact) mass is 362 g/mol. The molecule has 7 atom stereocenters. The Balaban J connectivity index is 1.69. The van der Waals surface area contributed by atoms with Crippen molar-refractivity contribution in [3.05, 3.63) is 0 Å². The molecule has 3 fully saturated rings. The first-order chi connectivity index (χ1) is 10.1. The van der Waals surface area contributed by atoms with Gasteiger partial charge in [0.1, 0.15) is 18.3 Å². The number of halogens is 1. The minimum absolute atomic E-state index is 0.103. The number of hydrogen-bond acceptors (Lipinski definition) is 7. The summed E-state index contributed by atoms with van der Waals surface area (Å²) in [7, 11) is -0.317. The van der Waals surface area contributed by atoms with E-state index in [1.807, 2.05) is 0 Å². The van der Waals surface area contributed by atoms with Crippen LogP contribution in [0.5, 0.6) is 0 Å². The third-order valence-electron chi connectivity index (χ3n) is 3.51. The molecule has 3 aliphatic rings. The molecule has 0 radical (unpaired) electrons. The fraction of sp³-hybridized carbons (Fsp3) is 1.00. The quantitative estimate of drug-likeness (QED) is 0.521. The normalized spacial score (nSPS) is 50.1. The molecule has 0 aromatic heterocycles. The summed E-state index contributed by atoms with van der Waals surface area (Å²) < 4.78 is 58.1. The Morgan fingerprint density at radius 3 is 2.81 bits per heavy atom. The maximum Gasteiger partial charge on any atom is 0.386 e. The molecule has 0 spiro atoms. The van der Waals surface area contributed by atoms with Gasteiger partial charge in [-0.2, -0.15) is 0 Å². The number of rotatable bonds is 0. The second kappa shape index (κ2) is 7.07. The van der Waals surface area contributed by atoms with E-state index in [1.54, 1.807) is 0 Å². The van der Waals surface area contributed by atoms with Gasteiger partial charge in [-0.1, -0.05) is 12.2 Å². The molecule has 0 aromatic carbocycles. The van der Waals surface area contributed by atoms with Gasteiger partial charge in [-0.15, -0.1) is 0 Å². The highest BCUT2D eigenvalue weighted by molar-refractivity contribution is 8.44. The highest BCUT2D eigenvalue weighted by atomic mass is 32.7. The summed E-state index contributed by atoms with van der Waals surface area (Å²) in [6.07, 6.45) is -3.15. The summed E-state index contributed by atoms with van der Waals surface area (Å²) in [6.45, 7) is -3.01. The van der Waals surface area contributed by atoms with Gasteiger partial charge in [-0.25, -0.2) is 8.96 Å². The van der Waals surface area contributed by atoms with Crippen molar-refractivity contribution < 1.29 is 36.5 Å². The van der Waals surface area contributed by atoms with Gasteiger partial charge in [0.25, 0.3) is 0 Å². The number of fused-ring (bicyclic) bond motifs is 3. The molecule has 3 aliphatic heterocycles. The van der Waals surface area contributed by atoms with E-state index in [0.717, 1.165) is 0 Å². The van der Waals surface area contributed by atoms with Crippen LogP contribution in [0.15, 0.2) is 0 Å². The number of alkyl halides is 1.